The summed E-state index contributed by atoms with van der Waals surface area (Å²) >= 11 is 0. The highest BCUT2D eigenvalue weighted by atomic mass is 16.5. The van der Waals surface area contributed by atoms with Gasteiger partial charge in [-0.1, -0.05) is 6.42 Å². The second-order valence-corrected chi connectivity index (χ2v) is 5.89. The Morgan fingerprint density at radius 3 is 3.00 bits per heavy atom. The molecule has 3 unspecified atom stereocenters. The number of carbonyl (C=O) groups is 1. The van der Waals surface area contributed by atoms with Crippen LogP contribution in [0.1, 0.15) is 32.6 Å². The van der Waals surface area contributed by atoms with Crippen molar-refractivity contribution in [3.8, 4) is 0 Å². The minimum atomic E-state index is -0.697. The molecule has 5 nitrogen and oxygen atoms in total. The van der Waals surface area contributed by atoms with Crippen molar-refractivity contribution in [3.05, 3.63) is 0 Å². The number of carboxylic acids is 1. The summed E-state index contributed by atoms with van der Waals surface area (Å²) in [5.74, 6) is -0.444. The van der Waals surface area contributed by atoms with E-state index in [-0.39, 0.29) is 5.92 Å². The first-order valence-corrected chi connectivity index (χ1v) is 7.35. The molecule has 1 heterocycles. The van der Waals surface area contributed by atoms with Crippen molar-refractivity contribution in [1.82, 2.24) is 10.2 Å². The Balaban J connectivity index is 1.89. The molecule has 0 bridgehead atoms. The van der Waals surface area contributed by atoms with Crippen molar-refractivity contribution >= 4 is 5.97 Å². The molecule has 0 amide bonds. The molecule has 1 saturated heterocycles. The van der Waals surface area contributed by atoms with E-state index < -0.39 is 11.5 Å². The van der Waals surface area contributed by atoms with Crippen LogP contribution < -0.4 is 5.32 Å². The van der Waals surface area contributed by atoms with Crippen molar-refractivity contribution in [3.63, 3.8) is 0 Å². The SMILES string of the molecule is CNC1(C(=O)O)CCCC1CCN1CCOC(C)C1. The fourth-order valence-corrected chi connectivity index (χ4v) is 3.62. The third kappa shape index (κ3) is 3.09. The predicted octanol–water partition coefficient (Wildman–Crippen LogP) is 0.940. The lowest BCUT2D eigenvalue weighted by molar-refractivity contribution is -0.146. The molecule has 110 valence electrons. The minimum absolute atomic E-state index is 0.244. The van der Waals surface area contributed by atoms with E-state index in [4.69, 9.17) is 4.74 Å². The van der Waals surface area contributed by atoms with Crippen molar-refractivity contribution in [2.24, 2.45) is 5.92 Å². The second kappa shape index (κ2) is 6.20. The molecule has 2 aliphatic rings. The fourth-order valence-electron chi connectivity index (χ4n) is 3.62. The molecule has 2 fully saturated rings. The number of rotatable bonds is 5. The molecule has 0 aromatic heterocycles. The summed E-state index contributed by atoms with van der Waals surface area (Å²) < 4.78 is 5.53. The van der Waals surface area contributed by atoms with Gasteiger partial charge in [0.2, 0.25) is 0 Å². The van der Waals surface area contributed by atoms with E-state index in [1.165, 1.54) is 0 Å². The first-order chi connectivity index (χ1) is 9.08. The number of likely N-dealkylation sites (N-methyl/N-ethyl adjacent to an activating group) is 1. The van der Waals surface area contributed by atoms with Gasteiger partial charge in [-0.15, -0.1) is 0 Å². The zero-order valence-corrected chi connectivity index (χ0v) is 12.0. The molecular weight excluding hydrogens is 244 g/mol. The lowest BCUT2D eigenvalue weighted by atomic mass is 9.84. The molecule has 1 saturated carbocycles. The Morgan fingerprint density at radius 1 is 1.58 bits per heavy atom. The van der Waals surface area contributed by atoms with Crippen molar-refractivity contribution in [2.45, 2.75) is 44.2 Å². The first-order valence-electron chi connectivity index (χ1n) is 7.35. The standard InChI is InChI=1S/C14H26N2O3/c1-11-10-16(8-9-19-11)7-5-12-4-3-6-14(12,15-2)13(17)18/h11-12,15H,3-10H2,1-2H3,(H,17,18). The third-order valence-corrected chi connectivity index (χ3v) is 4.77. The maximum Gasteiger partial charge on any atom is 0.324 e. The molecule has 0 spiro atoms. The van der Waals surface area contributed by atoms with Gasteiger partial charge in [-0.05, 0) is 45.7 Å². The van der Waals surface area contributed by atoms with Crippen LogP contribution in [0.4, 0.5) is 0 Å². The van der Waals surface area contributed by atoms with Gasteiger partial charge in [0.15, 0.2) is 0 Å². The normalized spacial score (nSPS) is 36.5. The molecule has 5 heteroatoms. The number of hydrogen-bond donors (Lipinski definition) is 2. The highest BCUT2D eigenvalue weighted by Crippen LogP contribution is 2.38. The molecule has 3 atom stereocenters. The highest BCUT2D eigenvalue weighted by molar-refractivity contribution is 5.79. The summed E-state index contributed by atoms with van der Waals surface area (Å²) in [4.78, 5) is 14.0. The Kier molecular flexibility index (Phi) is 4.81. The second-order valence-electron chi connectivity index (χ2n) is 5.89. The number of nitrogens with zero attached hydrogens (tertiary/aromatic N) is 1. The molecule has 19 heavy (non-hydrogen) atoms. The number of hydrogen-bond acceptors (Lipinski definition) is 4. The number of carboxylic acid groups (broad SMARTS) is 1. The van der Waals surface area contributed by atoms with Gasteiger partial charge in [-0.3, -0.25) is 9.69 Å². The van der Waals surface area contributed by atoms with E-state index in [1.54, 1.807) is 7.05 Å². The number of morpholine rings is 1. The largest absolute Gasteiger partial charge is 0.480 e. The van der Waals surface area contributed by atoms with E-state index >= 15 is 0 Å². The van der Waals surface area contributed by atoms with Crippen molar-refractivity contribution in [2.75, 3.05) is 33.3 Å². The molecule has 0 radical (unpaired) electrons. The van der Waals surface area contributed by atoms with Gasteiger partial charge in [0.05, 0.1) is 12.7 Å². The van der Waals surface area contributed by atoms with E-state index in [9.17, 15) is 9.90 Å². The predicted molar refractivity (Wildman–Crippen MR) is 73.2 cm³/mol. The lowest BCUT2D eigenvalue weighted by Crippen LogP contribution is -2.54. The van der Waals surface area contributed by atoms with Gasteiger partial charge < -0.3 is 15.2 Å². The van der Waals surface area contributed by atoms with Crippen LogP contribution in [-0.4, -0.2) is 60.9 Å². The maximum atomic E-state index is 11.6. The summed E-state index contributed by atoms with van der Waals surface area (Å²) in [5.41, 5.74) is -0.697. The van der Waals surface area contributed by atoms with Crippen LogP contribution in [0.3, 0.4) is 0 Å². The van der Waals surface area contributed by atoms with Crippen LogP contribution in [0.2, 0.25) is 0 Å². The number of aliphatic carboxylic acids is 1. The zero-order chi connectivity index (χ0) is 13.9. The summed E-state index contributed by atoms with van der Waals surface area (Å²) in [6.45, 7) is 5.80. The van der Waals surface area contributed by atoms with E-state index in [1.807, 2.05) is 0 Å². The van der Waals surface area contributed by atoms with Crippen LogP contribution in [0.25, 0.3) is 0 Å². The molecule has 1 aliphatic carbocycles. The molecule has 1 aliphatic heterocycles. The van der Waals surface area contributed by atoms with Gasteiger partial charge in [0.1, 0.15) is 5.54 Å². The molecule has 0 aromatic carbocycles. The molecular formula is C14H26N2O3. The van der Waals surface area contributed by atoms with Gasteiger partial charge in [0, 0.05) is 13.1 Å². The van der Waals surface area contributed by atoms with Gasteiger partial charge >= 0.3 is 5.97 Å². The van der Waals surface area contributed by atoms with Crippen LogP contribution in [0.15, 0.2) is 0 Å². The number of ether oxygens (including phenoxy) is 1. The van der Waals surface area contributed by atoms with Crippen LogP contribution in [-0.2, 0) is 9.53 Å². The summed E-state index contributed by atoms with van der Waals surface area (Å²) in [7, 11) is 1.78. The van der Waals surface area contributed by atoms with E-state index in [2.05, 4.69) is 17.1 Å². The number of nitrogens with one attached hydrogen (secondary N) is 1. The molecule has 2 N–H and O–H groups in total. The maximum absolute atomic E-state index is 11.6. The summed E-state index contributed by atoms with van der Waals surface area (Å²) in [5, 5.41) is 12.6. The quantitative estimate of drug-likeness (QED) is 0.778. The highest BCUT2D eigenvalue weighted by Gasteiger charge is 2.47. The monoisotopic (exact) mass is 270 g/mol. The topological polar surface area (TPSA) is 61.8 Å². The van der Waals surface area contributed by atoms with Crippen LogP contribution >= 0.6 is 0 Å². The Labute approximate surface area is 115 Å². The lowest BCUT2D eigenvalue weighted by Gasteiger charge is -2.35. The Bertz CT molecular complexity index is 324. The minimum Gasteiger partial charge on any atom is -0.480 e. The van der Waals surface area contributed by atoms with E-state index in [0.717, 1.165) is 51.9 Å². The molecule has 0 aromatic rings. The Hall–Kier alpha value is -0.650. The average Bonchev–Trinajstić information content (AvgIpc) is 2.80. The van der Waals surface area contributed by atoms with Crippen LogP contribution in [0.5, 0.6) is 0 Å². The fraction of sp³-hybridized carbons (Fsp3) is 0.929. The van der Waals surface area contributed by atoms with Crippen molar-refractivity contribution < 1.29 is 14.6 Å². The van der Waals surface area contributed by atoms with E-state index in [0.29, 0.717) is 6.10 Å². The smallest absolute Gasteiger partial charge is 0.324 e. The third-order valence-electron chi connectivity index (χ3n) is 4.77. The zero-order valence-electron chi connectivity index (χ0n) is 12.0. The van der Waals surface area contributed by atoms with Gasteiger partial charge in [-0.25, -0.2) is 0 Å². The Morgan fingerprint density at radius 2 is 2.37 bits per heavy atom. The van der Waals surface area contributed by atoms with Crippen molar-refractivity contribution in [1.29, 1.82) is 0 Å². The van der Waals surface area contributed by atoms with Gasteiger partial charge in [-0.2, -0.15) is 0 Å². The van der Waals surface area contributed by atoms with Crippen LogP contribution in [0, 0.1) is 5.92 Å². The average molecular weight is 270 g/mol. The summed E-state index contributed by atoms with van der Waals surface area (Å²) in [6.07, 6.45) is 4.04. The molecule has 2 rings (SSSR count). The summed E-state index contributed by atoms with van der Waals surface area (Å²) in [6, 6.07) is 0. The first kappa shape index (κ1) is 14.8. The van der Waals surface area contributed by atoms with Gasteiger partial charge in [0.25, 0.3) is 0 Å².